The molecular weight excluding hydrogens is 242 g/mol. The maximum absolute atomic E-state index is 12.0. The Morgan fingerprint density at radius 1 is 1.53 bits per heavy atom. The van der Waals surface area contributed by atoms with Crippen molar-refractivity contribution < 1.29 is 13.2 Å². The van der Waals surface area contributed by atoms with Crippen LogP contribution in [0, 0.1) is 0 Å². The monoisotopic (exact) mass is 255 g/mol. The van der Waals surface area contributed by atoms with E-state index < -0.39 is 9.84 Å². The van der Waals surface area contributed by atoms with Gasteiger partial charge >= 0.3 is 0 Å². The molecule has 7 heteroatoms. The maximum atomic E-state index is 12.0. The number of amides is 1. The van der Waals surface area contributed by atoms with E-state index in [0.717, 1.165) is 0 Å². The number of aromatic nitrogens is 2. The average Bonchev–Trinajstić information content (AvgIpc) is 2.69. The minimum Gasteiger partial charge on any atom is -0.336 e. The molecule has 0 aromatic carbocycles. The molecule has 1 saturated heterocycles. The Hall–Kier alpha value is -1.50. The summed E-state index contributed by atoms with van der Waals surface area (Å²) in [6.45, 7) is 0. The lowest BCUT2D eigenvalue weighted by Crippen LogP contribution is -2.38. The van der Waals surface area contributed by atoms with Crippen LogP contribution in [-0.2, 0) is 9.84 Å². The number of nitrogens with zero attached hydrogens (tertiary/aromatic N) is 3. The lowest BCUT2D eigenvalue weighted by Gasteiger charge is -2.22. The summed E-state index contributed by atoms with van der Waals surface area (Å²) in [5, 5.41) is 7.34. The van der Waals surface area contributed by atoms with E-state index in [4.69, 9.17) is 0 Å². The van der Waals surface area contributed by atoms with Gasteiger partial charge in [-0.15, -0.1) is 5.10 Å². The number of carbonyl (C=O) groups excluding carboxylic acids is 1. The fraction of sp³-hybridized carbons (Fsp3) is 0.500. The van der Waals surface area contributed by atoms with E-state index in [9.17, 15) is 13.2 Å². The van der Waals surface area contributed by atoms with Gasteiger partial charge in [0.05, 0.1) is 11.5 Å². The molecule has 6 nitrogen and oxygen atoms in total. The topological polar surface area (TPSA) is 80.2 Å². The SMILES string of the molecule is CN(C(=O)c1cccnn1)C1CCS(=O)(=O)C1. The van der Waals surface area contributed by atoms with Gasteiger partial charge in [0, 0.05) is 19.3 Å². The quantitative estimate of drug-likeness (QED) is 0.727. The molecule has 2 rings (SSSR count). The predicted molar refractivity (Wildman–Crippen MR) is 61.2 cm³/mol. The Balaban J connectivity index is 2.11. The molecule has 0 aliphatic carbocycles. The molecule has 0 N–H and O–H groups in total. The number of carbonyl (C=O) groups is 1. The number of hydrogen-bond acceptors (Lipinski definition) is 5. The highest BCUT2D eigenvalue weighted by molar-refractivity contribution is 7.91. The normalized spacial score (nSPS) is 22.3. The van der Waals surface area contributed by atoms with Crippen molar-refractivity contribution in [2.24, 2.45) is 0 Å². The third kappa shape index (κ3) is 2.60. The Labute approximate surface area is 99.6 Å². The van der Waals surface area contributed by atoms with Gasteiger partial charge in [-0.05, 0) is 18.6 Å². The van der Waals surface area contributed by atoms with Gasteiger partial charge in [0.15, 0.2) is 15.5 Å². The fourth-order valence-corrected chi connectivity index (χ4v) is 3.62. The molecule has 1 amide bonds. The number of rotatable bonds is 2. The zero-order valence-electron chi connectivity index (χ0n) is 9.41. The summed E-state index contributed by atoms with van der Waals surface area (Å²) >= 11 is 0. The van der Waals surface area contributed by atoms with Crippen LogP contribution in [0.4, 0.5) is 0 Å². The first-order valence-electron chi connectivity index (χ1n) is 5.25. The molecule has 17 heavy (non-hydrogen) atoms. The van der Waals surface area contributed by atoms with Crippen molar-refractivity contribution >= 4 is 15.7 Å². The second-order valence-electron chi connectivity index (χ2n) is 4.08. The maximum Gasteiger partial charge on any atom is 0.274 e. The zero-order valence-corrected chi connectivity index (χ0v) is 10.2. The fourth-order valence-electron chi connectivity index (χ4n) is 1.84. The highest BCUT2D eigenvalue weighted by Gasteiger charge is 2.33. The molecule has 1 unspecified atom stereocenters. The van der Waals surface area contributed by atoms with Crippen molar-refractivity contribution in [3.8, 4) is 0 Å². The van der Waals surface area contributed by atoms with Crippen molar-refractivity contribution in [1.29, 1.82) is 0 Å². The molecular formula is C10H13N3O3S. The van der Waals surface area contributed by atoms with E-state index in [1.165, 1.54) is 11.1 Å². The van der Waals surface area contributed by atoms with Crippen LogP contribution in [0.25, 0.3) is 0 Å². The van der Waals surface area contributed by atoms with Gasteiger partial charge in [0.1, 0.15) is 0 Å². The summed E-state index contributed by atoms with van der Waals surface area (Å²) in [6, 6.07) is 2.93. The first-order chi connectivity index (χ1) is 7.99. The van der Waals surface area contributed by atoms with E-state index in [-0.39, 0.29) is 29.1 Å². The molecule has 1 aromatic heterocycles. The van der Waals surface area contributed by atoms with Gasteiger partial charge in [0.2, 0.25) is 0 Å². The summed E-state index contributed by atoms with van der Waals surface area (Å²) in [4.78, 5) is 13.4. The first kappa shape index (κ1) is 12.0. The van der Waals surface area contributed by atoms with Crippen molar-refractivity contribution in [2.75, 3.05) is 18.6 Å². The van der Waals surface area contributed by atoms with Crippen molar-refractivity contribution in [1.82, 2.24) is 15.1 Å². The second-order valence-corrected chi connectivity index (χ2v) is 6.31. The lowest BCUT2D eigenvalue weighted by molar-refractivity contribution is 0.0740. The van der Waals surface area contributed by atoms with Crippen LogP contribution in [0.1, 0.15) is 16.9 Å². The van der Waals surface area contributed by atoms with Crippen LogP contribution in [0.15, 0.2) is 18.3 Å². The second kappa shape index (κ2) is 4.40. The molecule has 1 aromatic rings. The van der Waals surface area contributed by atoms with Gasteiger partial charge in [-0.1, -0.05) is 0 Å². The summed E-state index contributed by atoms with van der Waals surface area (Å²) in [5.41, 5.74) is 0.235. The van der Waals surface area contributed by atoms with Gasteiger partial charge in [-0.25, -0.2) is 8.42 Å². The zero-order chi connectivity index (χ0) is 12.5. The van der Waals surface area contributed by atoms with E-state index in [0.29, 0.717) is 6.42 Å². The Morgan fingerprint density at radius 3 is 2.82 bits per heavy atom. The third-order valence-electron chi connectivity index (χ3n) is 2.87. The van der Waals surface area contributed by atoms with Gasteiger partial charge in [-0.3, -0.25) is 4.79 Å². The summed E-state index contributed by atoms with van der Waals surface area (Å²) < 4.78 is 22.7. The molecule has 92 valence electrons. The van der Waals surface area contributed by atoms with Crippen LogP contribution in [-0.4, -0.2) is 54.0 Å². The lowest BCUT2D eigenvalue weighted by atomic mass is 10.2. The minimum absolute atomic E-state index is 0.0372. The number of hydrogen-bond donors (Lipinski definition) is 0. The molecule has 1 fully saturated rings. The van der Waals surface area contributed by atoms with Crippen LogP contribution in [0.3, 0.4) is 0 Å². The third-order valence-corrected chi connectivity index (χ3v) is 4.62. The summed E-state index contributed by atoms with van der Waals surface area (Å²) in [5.74, 6) is -0.106. The molecule has 1 aliphatic heterocycles. The molecule has 0 radical (unpaired) electrons. The van der Waals surface area contributed by atoms with Crippen LogP contribution < -0.4 is 0 Å². The van der Waals surface area contributed by atoms with E-state index >= 15 is 0 Å². The van der Waals surface area contributed by atoms with Crippen LogP contribution in [0.2, 0.25) is 0 Å². The Bertz CT molecular complexity index is 515. The standard InChI is InChI=1S/C10H13N3O3S/c1-13(8-4-6-17(15,16)7-8)10(14)9-3-2-5-11-12-9/h2-3,5,8H,4,6-7H2,1H3. The summed E-state index contributed by atoms with van der Waals surface area (Å²) in [7, 11) is -1.39. The molecule has 2 heterocycles. The molecule has 0 spiro atoms. The van der Waals surface area contributed by atoms with E-state index in [1.54, 1.807) is 19.2 Å². The first-order valence-corrected chi connectivity index (χ1v) is 7.07. The van der Waals surface area contributed by atoms with E-state index in [2.05, 4.69) is 10.2 Å². The average molecular weight is 255 g/mol. The molecule has 1 aliphatic rings. The van der Waals surface area contributed by atoms with Crippen LogP contribution in [0.5, 0.6) is 0 Å². The van der Waals surface area contributed by atoms with E-state index in [1.807, 2.05) is 0 Å². The van der Waals surface area contributed by atoms with Gasteiger partial charge < -0.3 is 4.90 Å². The molecule has 0 bridgehead atoms. The van der Waals surface area contributed by atoms with Crippen molar-refractivity contribution in [3.05, 3.63) is 24.0 Å². The minimum atomic E-state index is -2.99. The predicted octanol–water partition coefficient (Wildman–Crippen LogP) is -0.264. The van der Waals surface area contributed by atoms with Crippen molar-refractivity contribution in [2.45, 2.75) is 12.5 Å². The van der Waals surface area contributed by atoms with Gasteiger partial charge in [-0.2, -0.15) is 5.10 Å². The highest BCUT2D eigenvalue weighted by Crippen LogP contribution is 2.17. The Morgan fingerprint density at radius 2 is 2.29 bits per heavy atom. The smallest absolute Gasteiger partial charge is 0.274 e. The molecule has 1 atom stereocenters. The summed E-state index contributed by atoms with van der Waals surface area (Å²) in [6.07, 6.45) is 1.97. The molecule has 0 saturated carbocycles. The van der Waals surface area contributed by atoms with Crippen molar-refractivity contribution in [3.63, 3.8) is 0 Å². The Kier molecular flexibility index (Phi) is 3.10. The number of sulfone groups is 1. The van der Waals surface area contributed by atoms with Crippen LogP contribution >= 0.6 is 0 Å². The highest BCUT2D eigenvalue weighted by atomic mass is 32.2. The largest absolute Gasteiger partial charge is 0.336 e. The van der Waals surface area contributed by atoms with Gasteiger partial charge in [0.25, 0.3) is 5.91 Å².